The molecule has 3 aromatic rings. The number of hydrogen-bond donors (Lipinski definition) is 2. The van der Waals surface area contributed by atoms with Crippen LogP contribution in [0.2, 0.25) is 0 Å². The highest BCUT2D eigenvalue weighted by Crippen LogP contribution is 2.16. The third kappa shape index (κ3) is 4.60. The van der Waals surface area contributed by atoms with Gasteiger partial charge in [-0.25, -0.2) is 4.98 Å². The minimum Gasteiger partial charge on any atom is -0.356 e. The fourth-order valence-corrected chi connectivity index (χ4v) is 3.91. The Morgan fingerprint density at radius 2 is 1.93 bits per heavy atom. The van der Waals surface area contributed by atoms with Crippen molar-refractivity contribution in [2.45, 2.75) is 53.1 Å². The van der Waals surface area contributed by atoms with E-state index in [1.807, 2.05) is 24.8 Å². The van der Waals surface area contributed by atoms with Gasteiger partial charge in [0.1, 0.15) is 5.82 Å². The Hall–Kier alpha value is -2.83. The summed E-state index contributed by atoms with van der Waals surface area (Å²) >= 11 is 0. The molecule has 29 heavy (non-hydrogen) atoms. The van der Waals surface area contributed by atoms with Crippen LogP contribution in [0.25, 0.3) is 11.0 Å². The molecule has 0 bridgehead atoms. The zero-order valence-electron chi connectivity index (χ0n) is 18.3. The minimum atomic E-state index is 0.741. The van der Waals surface area contributed by atoms with Crippen LogP contribution in [0.1, 0.15) is 43.0 Å². The predicted molar refractivity (Wildman–Crippen MR) is 119 cm³/mol. The number of aryl methyl sites for hydroxylation is 4. The fraction of sp³-hybridized carbons (Fsp3) is 0.500. The molecule has 2 aromatic heterocycles. The second-order valence-corrected chi connectivity index (χ2v) is 7.21. The van der Waals surface area contributed by atoms with Gasteiger partial charge in [-0.15, -0.1) is 0 Å². The smallest absolute Gasteiger partial charge is 0.191 e. The summed E-state index contributed by atoms with van der Waals surface area (Å²) in [7, 11) is 3.84. The maximum atomic E-state index is 4.65. The Morgan fingerprint density at radius 3 is 2.66 bits per heavy atom. The molecule has 1 aromatic carbocycles. The largest absolute Gasteiger partial charge is 0.356 e. The van der Waals surface area contributed by atoms with Crippen LogP contribution in [0.3, 0.4) is 0 Å². The molecule has 0 amide bonds. The molecule has 0 fully saturated rings. The topological polar surface area (TPSA) is 72.1 Å². The number of guanidine groups is 1. The molecule has 0 aliphatic heterocycles. The first kappa shape index (κ1) is 20.9. The first-order valence-electron chi connectivity index (χ1n) is 10.5. The zero-order chi connectivity index (χ0) is 20.8. The Balaban J connectivity index is 1.53. The highest BCUT2D eigenvalue weighted by atomic mass is 15.3. The second kappa shape index (κ2) is 9.58. The fourth-order valence-electron chi connectivity index (χ4n) is 3.91. The Kier molecular flexibility index (Phi) is 6.90. The molecule has 7 nitrogen and oxygen atoms in total. The van der Waals surface area contributed by atoms with E-state index in [4.69, 9.17) is 0 Å². The number of imidazole rings is 1. The van der Waals surface area contributed by atoms with Crippen molar-refractivity contribution in [3.05, 3.63) is 47.0 Å². The molecule has 0 saturated heterocycles. The van der Waals surface area contributed by atoms with E-state index >= 15 is 0 Å². The first-order chi connectivity index (χ1) is 14.1. The van der Waals surface area contributed by atoms with Gasteiger partial charge in [-0.1, -0.05) is 26.0 Å². The molecule has 7 heteroatoms. The number of fused-ring (bicyclic) bond motifs is 1. The lowest BCUT2D eigenvalue weighted by Crippen LogP contribution is -2.37. The van der Waals surface area contributed by atoms with Gasteiger partial charge in [-0.3, -0.25) is 9.67 Å². The van der Waals surface area contributed by atoms with Crippen molar-refractivity contribution in [3.63, 3.8) is 0 Å². The van der Waals surface area contributed by atoms with E-state index in [2.05, 4.69) is 69.2 Å². The van der Waals surface area contributed by atoms with Crippen molar-refractivity contribution in [2.75, 3.05) is 13.6 Å². The zero-order valence-corrected chi connectivity index (χ0v) is 18.3. The lowest BCUT2D eigenvalue weighted by molar-refractivity contribution is 0.624. The third-order valence-corrected chi connectivity index (χ3v) is 5.38. The van der Waals surface area contributed by atoms with Gasteiger partial charge < -0.3 is 15.2 Å². The summed E-state index contributed by atoms with van der Waals surface area (Å²) in [6.07, 6.45) is 2.91. The van der Waals surface area contributed by atoms with E-state index in [-0.39, 0.29) is 0 Å². The molecule has 0 radical (unpaired) electrons. The Bertz CT molecular complexity index is 981. The maximum Gasteiger partial charge on any atom is 0.191 e. The molecule has 0 spiro atoms. The van der Waals surface area contributed by atoms with E-state index in [0.29, 0.717) is 0 Å². The van der Waals surface area contributed by atoms with E-state index in [0.717, 1.165) is 61.9 Å². The first-order valence-corrected chi connectivity index (χ1v) is 10.5. The van der Waals surface area contributed by atoms with Gasteiger partial charge in [-0.05, 0) is 38.3 Å². The van der Waals surface area contributed by atoms with Crippen LogP contribution in [0.4, 0.5) is 0 Å². The predicted octanol–water partition coefficient (Wildman–Crippen LogP) is 2.96. The molecule has 2 N–H and O–H groups in total. The van der Waals surface area contributed by atoms with E-state index in [1.165, 1.54) is 16.8 Å². The molecular formula is C22H33N7. The van der Waals surface area contributed by atoms with Crippen LogP contribution >= 0.6 is 0 Å². The summed E-state index contributed by atoms with van der Waals surface area (Å²) < 4.78 is 4.29. The van der Waals surface area contributed by atoms with E-state index in [9.17, 15) is 0 Å². The van der Waals surface area contributed by atoms with Crippen LogP contribution in [0.5, 0.6) is 0 Å². The van der Waals surface area contributed by atoms with Gasteiger partial charge in [0.25, 0.3) is 0 Å². The van der Waals surface area contributed by atoms with Gasteiger partial charge in [0.2, 0.25) is 0 Å². The van der Waals surface area contributed by atoms with Gasteiger partial charge in [0.05, 0.1) is 16.7 Å². The molecule has 3 rings (SSSR count). The highest BCUT2D eigenvalue weighted by Gasteiger charge is 2.13. The molecule has 0 aliphatic carbocycles. The molecule has 0 aliphatic rings. The van der Waals surface area contributed by atoms with Crippen LogP contribution in [0, 0.1) is 6.92 Å². The van der Waals surface area contributed by atoms with Crippen LogP contribution < -0.4 is 10.6 Å². The van der Waals surface area contributed by atoms with Gasteiger partial charge >= 0.3 is 0 Å². The number of para-hydroxylation sites is 2. The van der Waals surface area contributed by atoms with Crippen molar-refractivity contribution in [1.29, 1.82) is 0 Å². The quantitative estimate of drug-likeness (QED) is 0.349. The van der Waals surface area contributed by atoms with Gasteiger partial charge in [0.15, 0.2) is 5.96 Å². The average Bonchev–Trinajstić information content (AvgIpc) is 3.22. The summed E-state index contributed by atoms with van der Waals surface area (Å²) in [5.41, 5.74) is 6.00. The summed E-state index contributed by atoms with van der Waals surface area (Å²) in [4.78, 5) is 9.01. The molecule has 0 saturated carbocycles. The summed E-state index contributed by atoms with van der Waals surface area (Å²) in [6, 6.07) is 8.30. The van der Waals surface area contributed by atoms with Crippen molar-refractivity contribution >= 4 is 17.0 Å². The number of nitrogens with one attached hydrogen (secondary N) is 2. The summed E-state index contributed by atoms with van der Waals surface area (Å²) in [5, 5.41) is 11.5. The SMILES string of the molecule is CCc1nn(C)c(CC)c1CNC(=NC)NCCCn1c(C)nc2ccccc21. The third-order valence-electron chi connectivity index (χ3n) is 5.38. The molecule has 156 valence electrons. The van der Waals surface area contributed by atoms with E-state index < -0.39 is 0 Å². The standard InChI is InChI=1S/C22H33N7/c1-6-18-17(20(7-2)28(5)27-18)15-25-22(23-4)24-13-10-14-29-16(3)26-19-11-8-9-12-21(19)29/h8-9,11-12H,6-7,10,13-15H2,1-5H3,(H2,23,24,25). The van der Waals surface area contributed by atoms with E-state index in [1.54, 1.807) is 0 Å². The monoisotopic (exact) mass is 395 g/mol. The van der Waals surface area contributed by atoms with Crippen LogP contribution in [-0.4, -0.2) is 38.9 Å². The molecule has 2 heterocycles. The van der Waals surface area contributed by atoms with Crippen molar-refractivity contribution < 1.29 is 0 Å². The van der Waals surface area contributed by atoms with Crippen molar-refractivity contribution in [3.8, 4) is 0 Å². The molecular weight excluding hydrogens is 362 g/mol. The number of rotatable bonds is 8. The lowest BCUT2D eigenvalue weighted by atomic mass is 10.1. The Labute approximate surface area is 173 Å². The normalized spacial score (nSPS) is 12.0. The van der Waals surface area contributed by atoms with Gasteiger partial charge in [0, 0.05) is 45.0 Å². The van der Waals surface area contributed by atoms with Crippen molar-refractivity contribution in [1.82, 2.24) is 30.0 Å². The average molecular weight is 396 g/mol. The number of aromatic nitrogens is 4. The number of hydrogen-bond acceptors (Lipinski definition) is 3. The summed E-state index contributed by atoms with van der Waals surface area (Å²) in [6.45, 7) is 8.91. The molecule has 0 atom stereocenters. The van der Waals surface area contributed by atoms with Crippen LogP contribution in [0.15, 0.2) is 29.3 Å². The van der Waals surface area contributed by atoms with Gasteiger partial charge in [-0.2, -0.15) is 5.10 Å². The highest BCUT2D eigenvalue weighted by molar-refractivity contribution is 5.79. The second-order valence-electron chi connectivity index (χ2n) is 7.21. The van der Waals surface area contributed by atoms with Crippen LogP contribution in [-0.2, 0) is 33.0 Å². The summed E-state index contributed by atoms with van der Waals surface area (Å²) in [5.74, 6) is 1.88. The minimum absolute atomic E-state index is 0.741. The maximum absolute atomic E-state index is 4.65. The van der Waals surface area contributed by atoms with Crippen molar-refractivity contribution in [2.24, 2.45) is 12.0 Å². The molecule has 0 unspecified atom stereocenters. The number of aliphatic imine (C=N–C) groups is 1. The lowest BCUT2D eigenvalue weighted by Gasteiger charge is -2.13. The Morgan fingerprint density at radius 1 is 1.14 bits per heavy atom. The number of benzene rings is 1. The number of nitrogens with zero attached hydrogens (tertiary/aromatic N) is 5.